The van der Waals surface area contributed by atoms with Crippen LogP contribution in [0.4, 0.5) is 0 Å². The van der Waals surface area contributed by atoms with E-state index in [1.54, 1.807) is 17.9 Å². The highest BCUT2D eigenvalue weighted by molar-refractivity contribution is 5.94. The van der Waals surface area contributed by atoms with Gasteiger partial charge in [-0.05, 0) is 32.3 Å². The van der Waals surface area contributed by atoms with E-state index in [1.165, 1.54) is 10.7 Å². The maximum atomic E-state index is 12.6. The fourth-order valence-corrected chi connectivity index (χ4v) is 3.71. The second kappa shape index (κ2) is 8.16. The fourth-order valence-electron chi connectivity index (χ4n) is 3.71. The van der Waals surface area contributed by atoms with E-state index in [0.717, 1.165) is 30.7 Å². The molecule has 29 heavy (non-hydrogen) atoms. The highest BCUT2D eigenvalue weighted by Crippen LogP contribution is 2.20. The van der Waals surface area contributed by atoms with Crippen LogP contribution in [0.1, 0.15) is 40.3 Å². The minimum Gasteiger partial charge on any atom is -0.376 e. The van der Waals surface area contributed by atoms with Crippen molar-refractivity contribution in [1.29, 1.82) is 0 Å². The van der Waals surface area contributed by atoms with Gasteiger partial charge in [0, 0.05) is 31.3 Å². The minimum atomic E-state index is -0.312. The lowest BCUT2D eigenvalue weighted by Gasteiger charge is -2.27. The third-order valence-corrected chi connectivity index (χ3v) is 5.30. The monoisotopic (exact) mass is 400 g/mol. The van der Waals surface area contributed by atoms with Gasteiger partial charge in [0.25, 0.3) is 11.5 Å². The first-order valence-corrected chi connectivity index (χ1v) is 9.79. The van der Waals surface area contributed by atoms with Gasteiger partial charge in [-0.25, -0.2) is 4.68 Å². The zero-order valence-corrected chi connectivity index (χ0v) is 16.3. The van der Waals surface area contributed by atoms with Gasteiger partial charge in [-0.15, -0.1) is 0 Å². The highest BCUT2D eigenvalue weighted by atomic mass is 16.5. The maximum Gasteiger partial charge on any atom is 0.272 e. The number of carbonyl (C=O) groups is 2. The summed E-state index contributed by atoms with van der Waals surface area (Å²) in [5, 5.41) is 14.0. The van der Waals surface area contributed by atoms with Crippen LogP contribution < -0.4 is 10.9 Å². The molecule has 2 aliphatic rings. The molecule has 0 saturated carbocycles. The molecular formula is C19H24N6O4. The van der Waals surface area contributed by atoms with Gasteiger partial charge < -0.3 is 15.0 Å². The maximum absolute atomic E-state index is 12.6. The molecule has 1 saturated heterocycles. The molecule has 0 spiro atoms. The molecule has 10 nitrogen and oxygen atoms in total. The lowest BCUT2D eigenvalue weighted by molar-refractivity contribution is -0.133. The fraction of sp³-hybridized carbons (Fsp3) is 0.526. The number of amides is 2. The van der Waals surface area contributed by atoms with Gasteiger partial charge in [-0.3, -0.25) is 19.5 Å². The van der Waals surface area contributed by atoms with Crippen molar-refractivity contribution in [2.45, 2.75) is 45.4 Å². The minimum absolute atomic E-state index is 0.0699. The molecular weight excluding hydrogens is 376 g/mol. The Morgan fingerprint density at radius 1 is 1.38 bits per heavy atom. The zero-order chi connectivity index (χ0) is 20.4. The number of hydrogen-bond acceptors (Lipinski definition) is 6. The van der Waals surface area contributed by atoms with Crippen LogP contribution >= 0.6 is 0 Å². The number of H-pyrrole nitrogens is 1. The third kappa shape index (κ3) is 4.21. The summed E-state index contributed by atoms with van der Waals surface area (Å²) in [6, 6.07) is 3.02. The van der Waals surface area contributed by atoms with Gasteiger partial charge in [0.05, 0.1) is 24.0 Å². The number of ether oxygens (including phenoxy) is 1. The molecule has 2 aromatic heterocycles. The first-order chi connectivity index (χ1) is 14.0. The van der Waals surface area contributed by atoms with Crippen LogP contribution in [0.5, 0.6) is 0 Å². The number of fused-ring (bicyclic) bond motifs is 1. The third-order valence-electron chi connectivity index (χ3n) is 5.30. The van der Waals surface area contributed by atoms with E-state index in [2.05, 4.69) is 20.6 Å². The lowest BCUT2D eigenvalue weighted by atomic mass is 10.0. The van der Waals surface area contributed by atoms with Crippen LogP contribution in [0.15, 0.2) is 16.9 Å². The quantitative estimate of drug-likeness (QED) is 0.715. The average Bonchev–Trinajstić information content (AvgIpc) is 3.38. The topological polar surface area (TPSA) is 122 Å². The number of nitrogens with one attached hydrogen (secondary N) is 2. The molecule has 2 amide bonds. The smallest absolute Gasteiger partial charge is 0.272 e. The Bertz CT molecular complexity index is 975. The molecule has 0 radical (unpaired) electrons. The standard InChI is InChI=1S/C19H24N6O4/c1-12-4-5-16(26)25(23-12)11-17(27)24-7-6-14-15(10-24)21-22-18(14)19(28)20-9-13-3-2-8-29-13/h4-5,13H,2-3,6-11H2,1H3,(H,20,28)(H,21,22). The summed E-state index contributed by atoms with van der Waals surface area (Å²) in [4.78, 5) is 38.6. The molecule has 2 aliphatic heterocycles. The van der Waals surface area contributed by atoms with E-state index >= 15 is 0 Å². The first-order valence-electron chi connectivity index (χ1n) is 9.79. The van der Waals surface area contributed by atoms with Gasteiger partial charge in [-0.1, -0.05) is 0 Å². The lowest BCUT2D eigenvalue weighted by Crippen LogP contribution is -2.40. The second-order valence-corrected chi connectivity index (χ2v) is 7.41. The number of hydrogen-bond donors (Lipinski definition) is 2. The van der Waals surface area contributed by atoms with Gasteiger partial charge in [0.15, 0.2) is 5.69 Å². The Morgan fingerprint density at radius 2 is 2.24 bits per heavy atom. The van der Waals surface area contributed by atoms with Crippen molar-refractivity contribution in [1.82, 2.24) is 30.2 Å². The van der Waals surface area contributed by atoms with E-state index < -0.39 is 0 Å². The van der Waals surface area contributed by atoms with Crippen molar-refractivity contribution in [2.75, 3.05) is 19.7 Å². The average molecular weight is 400 g/mol. The van der Waals surface area contributed by atoms with Crippen molar-refractivity contribution in [2.24, 2.45) is 0 Å². The van der Waals surface area contributed by atoms with Crippen LogP contribution in [0, 0.1) is 6.92 Å². The Labute approximate surface area is 167 Å². The summed E-state index contributed by atoms with van der Waals surface area (Å²) in [6.45, 7) is 3.65. The Kier molecular flexibility index (Phi) is 5.43. The summed E-state index contributed by atoms with van der Waals surface area (Å²) >= 11 is 0. The van der Waals surface area contributed by atoms with Crippen molar-refractivity contribution >= 4 is 11.8 Å². The Balaban J connectivity index is 1.39. The number of carbonyl (C=O) groups excluding carboxylic acids is 2. The summed E-state index contributed by atoms with van der Waals surface area (Å²) < 4.78 is 6.69. The summed E-state index contributed by atoms with van der Waals surface area (Å²) in [6.07, 6.45) is 2.57. The molecule has 2 aromatic rings. The van der Waals surface area contributed by atoms with Gasteiger partial charge in [0.2, 0.25) is 5.91 Å². The second-order valence-electron chi connectivity index (χ2n) is 7.41. The largest absolute Gasteiger partial charge is 0.376 e. The predicted molar refractivity (Wildman–Crippen MR) is 102 cm³/mol. The van der Waals surface area contributed by atoms with Crippen LogP contribution in [-0.2, 0) is 29.0 Å². The van der Waals surface area contributed by atoms with Crippen molar-refractivity contribution < 1.29 is 14.3 Å². The summed E-state index contributed by atoms with van der Waals surface area (Å²) in [7, 11) is 0. The number of rotatable bonds is 5. The van der Waals surface area contributed by atoms with Crippen LogP contribution in [0.3, 0.4) is 0 Å². The number of aromatic nitrogens is 4. The van der Waals surface area contributed by atoms with Gasteiger partial charge in [0.1, 0.15) is 6.54 Å². The molecule has 1 fully saturated rings. The molecule has 0 aromatic carbocycles. The molecule has 1 unspecified atom stereocenters. The number of aromatic amines is 1. The Morgan fingerprint density at radius 3 is 3.03 bits per heavy atom. The molecule has 0 bridgehead atoms. The van der Waals surface area contributed by atoms with Crippen LogP contribution in [-0.4, -0.2) is 62.5 Å². The van der Waals surface area contributed by atoms with Crippen molar-refractivity contribution in [3.8, 4) is 0 Å². The zero-order valence-electron chi connectivity index (χ0n) is 16.3. The van der Waals surface area contributed by atoms with E-state index in [-0.39, 0.29) is 30.0 Å². The number of nitrogens with zero attached hydrogens (tertiary/aromatic N) is 4. The highest BCUT2D eigenvalue weighted by Gasteiger charge is 2.28. The molecule has 2 N–H and O–H groups in total. The van der Waals surface area contributed by atoms with Crippen molar-refractivity contribution in [3.63, 3.8) is 0 Å². The molecule has 4 rings (SSSR count). The molecule has 1 atom stereocenters. The van der Waals surface area contributed by atoms with E-state index in [4.69, 9.17) is 4.74 Å². The van der Waals surface area contributed by atoms with Crippen LogP contribution in [0.25, 0.3) is 0 Å². The molecule has 0 aliphatic carbocycles. The normalized spacial score (nSPS) is 18.5. The molecule has 4 heterocycles. The first kappa shape index (κ1) is 19.3. The summed E-state index contributed by atoms with van der Waals surface area (Å²) in [5.41, 5.74) is 2.32. The molecule has 10 heteroatoms. The van der Waals surface area contributed by atoms with E-state index in [0.29, 0.717) is 37.4 Å². The summed E-state index contributed by atoms with van der Waals surface area (Å²) in [5.74, 6) is -0.428. The van der Waals surface area contributed by atoms with Crippen LogP contribution in [0.2, 0.25) is 0 Å². The Hall–Kier alpha value is -3.01. The SMILES string of the molecule is Cc1ccc(=O)n(CC(=O)N2CCc3c(C(=O)NCC4CCCO4)n[nH]c3C2)n1. The number of aryl methyl sites for hydroxylation is 1. The van der Waals surface area contributed by atoms with Gasteiger partial charge >= 0.3 is 0 Å². The van der Waals surface area contributed by atoms with Gasteiger partial charge in [-0.2, -0.15) is 10.2 Å². The van der Waals surface area contributed by atoms with Crippen molar-refractivity contribution in [3.05, 3.63) is 45.1 Å². The van der Waals surface area contributed by atoms with E-state index in [1.807, 2.05) is 0 Å². The molecule has 154 valence electrons. The van der Waals surface area contributed by atoms with E-state index in [9.17, 15) is 14.4 Å². The predicted octanol–water partition coefficient (Wildman–Crippen LogP) is -0.231.